The van der Waals surface area contributed by atoms with Gasteiger partial charge in [-0.2, -0.15) is 14.6 Å². The first kappa shape index (κ1) is 28.9. The molecule has 3 aromatic heterocycles. The zero-order valence-corrected chi connectivity index (χ0v) is 25.8. The summed E-state index contributed by atoms with van der Waals surface area (Å²) in [6.07, 6.45) is 3.74. The topological polar surface area (TPSA) is 101 Å². The highest BCUT2D eigenvalue weighted by atomic mass is 32.1. The maximum absolute atomic E-state index is 13.6. The van der Waals surface area contributed by atoms with E-state index in [4.69, 9.17) is 14.6 Å². The Bertz CT molecular complexity index is 2310. The molecule has 226 valence electrons. The maximum Gasteiger partial charge on any atom is 0.308 e. The van der Waals surface area contributed by atoms with Gasteiger partial charge in [0.2, 0.25) is 4.96 Å². The van der Waals surface area contributed by atoms with E-state index in [1.165, 1.54) is 22.8 Å². The molecule has 0 saturated heterocycles. The number of hydrogen-bond acceptors (Lipinski definition) is 8. The number of aryl methyl sites for hydroxylation is 1. The van der Waals surface area contributed by atoms with Crippen LogP contribution < -0.4 is 19.6 Å². The van der Waals surface area contributed by atoms with Gasteiger partial charge in [0.1, 0.15) is 23.8 Å². The van der Waals surface area contributed by atoms with Gasteiger partial charge in [0.25, 0.3) is 5.56 Å². The first-order chi connectivity index (χ1) is 22.4. The third-order valence-electron chi connectivity index (χ3n) is 7.30. The normalized spacial score (nSPS) is 11.7. The van der Waals surface area contributed by atoms with Crippen molar-refractivity contribution in [3.63, 3.8) is 0 Å². The summed E-state index contributed by atoms with van der Waals surface area (Å²) in [5.41, 5.74) is 5.55. The Morgan fingerprint density at radius 3 is 2.37 bits per heavy atom. The minimum atomic E-state index is -0.453. The van der Waals surface area contributed by atoms with E-state index in [2.05, 4.69) is 10.1 Å². The van der Waals surface area contributed by atoms with E-state index < -0.39 is 5.97 Å². The molecule has 0 fully saturated rings. The standard InChI is InChI=1S/C36H27N5O4S/c1-23-19-26(17-18-30(23)44-22-25-11-5-3-6-12-25)33-27(21-40(38-33)28-13-7-4-8-14-28)20-32-35(43)41-36(46-32)37-34(39-41)29-15-9-10-16-31(29)45-24(2)42/h3-21H,22H2,1-2H3/b32-20-. The Balaban J connectivity index is 1.27. The van der Waals surface area contributed by atoms with Crippen molar-refractivity contribution in [3.05, 3.63) is 141 Å². The third kappa shape index (κ3) is 5.81. The fourth-order valence-electron chi connectivity index (χ4n) is 5.11. The lowest BCUT2D eigenvalue weighted by atomic mass is 10.0. The predicted octanol–water partition coefficient (Wildman–Crippen LogP) is 6.03. The molecule has 0 unspecified atom stereocenters. The summed E-state index contributed by atoms with van der Waals surface area (Å²) in [5, 5.41) is 9.40. The number of benzene rings is 4. The van der Waals surface area contributed by atoms with Crippen molar-refractivity contribution in [3.8, 4) is 39.8 Å². The molecule has 0 aliphatic heterocycles. The summed E-state index contributed by atoms with van der Waals surface area (Å²) < 4.78 is 15.0. The molecular formula is C36H27N5O4S. The molecule has 0 amide bonds. The van der Waals surface area contributed by atoms with E-state index in [0.29, 0.717) is 33.2 Å². The fraction of sp³-hybridized carbons (Fsp3) is 0.0833. The average Bonchev–Trinajstić information content (AvgIpc) is 3.76. The van der Waals surface area contributed by atoms with E-state index >= 15 is 0 Å². The lowest BCUT2D eigenvalue weighted by molar-refractivity contribution is -0.131. The predicted molar refractivity (Wildman–Crippen MR) is 177 cm³/mol. The summed E-state index contributed by atoms with van der Waals surface area (Å²) in [4.78, 5) is 30.2. The van der Waals surface area contributed by atoms with Gasteiger partial charge < -0.3 is 9.47 Å². The minimum absolute atomic E-state index is 0.300. The van der Waals surface area contributed by atoms with E-state index in [9.17, 15) is 9.59 Å². The van der Waals surface area contributed by atoms with Crippen LogP contribution in [0.4, 0.5) is 0 Å². The smallest absolute Gasteiger partial charge is 0.308 e. The minimum Gasteiger partial charge on any atom is -0.489 e. The number of carbonyl (C=O) groups excluding carboxylic acids is 1. The van der Waals surface area contributed by atoms with Crippen LogP contribution in [0.1, 0.15) is 23.6 Å². The van der Waals surface area contributed by atoms with Crippen LogP contribution in [0.5, 0.6) is 11.5 Å². The molecule has 7 aromatic rings. The monoisotopic (exact) mass is 625 g/mol. The SMILES string of the molecule is CC(=O)Oc1ccccc1-c1nc2s/c(=C\c3cn(-c4ccccc4)nc3-c3ccc(OCc4ccccc4)c(C)c3)c(=O)n2n1. The molecule has 0 aliphatic carbocycles. The molecule has 0 atom stereocenters. The Labute approximate surface area is 267 Å². The number of hydrogen-bond donors (Lipinski definition) is 0. The van der Waals surface area contributed by atoms with Gasteiger partial charge >= 0.3 is 5.97 Å². The number of para-hydroxylation sites is 2. The Morgan fingerprint density at radius 1 is 0.891 bits per heavy atom. The molecule has 7 rings (SSSR count). The Hall–Kier alpha value is -5.87. The van der Waals surface area contributed by atoms with Crippen LogP contribution in [0.15, 0.2) is 114 Å². The van der Waals surface area contributed by atoms with Crippen LogP contribution in [-0.4, -0.2) is 30.3 Å². The molecule has 4 aromatic carbocycles. The second kappa shape index (κ2) is 12.3. The summed E-state index contributed by atoms with van der Waals surface area (Å²) in [7, 11) is 0. The van der Waals surface area contributed by atoms with E-state index in [1.807, 2.05) is 103 Å². The summed E-state index contributed by atoms with van der Waals surface area (Å²) >= 11 is 1.23. The number of thiazole rings is 1. The number of fused-ring (bicyclic) bond motifs is 1. The lowest BCUT2D eigenvalue weighted by Crippen LogP contribution is -2.23. The highest BCUT2D eigenvalue weighted by molar-refractivity contribution is 7.15. The number of nitrogens with zero attached hydrogens (tertiary/aromatic N) is 5. The molecule has 0 spiro atoms. The molecular weight excluding hydrogens is 598 g/mol. The van der Waals surface area contributed by atoms with Crippen molar-refractivity contribution in [2.24, 2.45) is 0 Å². The van der Waals surface area contributed by atoms with Crippen LogP contribution in [0.3, 0.4) is 0 Å². The molecule has 3 heterocycles. The average molecular weight is 626 g/mol. The van der Waals surface area contributed by atoms with Crippen LogP contribution >= 0.6 is 11.3 Å². The molecule has 46 heavy (non-hydrogen) atoms. The zero-order valence-electron chi connectivity index (χ0n) is 25.0. The maximum atomic E-state index is 13.6. The first-order valence-electron chi connectivity index (χ1n) is 14.5. The Kier molecular flexibility index (Phi) is 7.69. The molecule has 0 aliphatic rings. The number of ether oxygens (including phenoxy) is 2. The van der Waals surface area contributed by atoms with Crippen molar-refractivity contribution in [2.75, 3.05) is 0 Å². The van der Waals surface area contributed by atoms with E-state index in [-0.39, 0.29) is 5.56 Å². The molecule has 9 nitrogen and oxygen atoms in total. The second-order valence-electron chi connectivity index (χ2n) is 10.6. The fourth-order valence-corrected chi connectivity index (χ4v) is 6.01. The van der Waals surface area contributed by atoms with Crippen molar-refractivity contribution < 1.29 is 14.3 Å². The zero-order chi connectivity index (χ0) is 31.6. The Morgan fingerprint density at radius 2 is 1.63 bits per heavy atom. The van der Waals surface area contributed by atoms with Crippen molar-refractivity contribution >= 4 is 28.3 Å². The molecule has 10 heteroatoms. The molecule has 0 bridgehead atoms. The van der Waals surface area contributed by atoms with Gasteiger partial charge in [-0.15, -0.1) is 5.10 Å². The van der Waals surface area contributed by atoms with Gasteiger partial charge in [0, 0.05) is 24.2 Å². The van der Waals surface area contributed by atoms with E-state index in [1.54, 1.807) is 24.3 Å². The van der Waals surface area contributed by atoms with Crippen LogP contribution in [0.25, 0.3) is 39.4 Å². The van der Waals surface area contributed by atoms with Gasteiger partial charge in [-0.25, -0.2) is 4.68 Å². The number of aromatic nitrogens is 5. The third-order valence-corrected chi connectivity index (χ3v) is 8.26. The van der Waals surface area contributed by atoms with Crippen molar-refractivity contribution in [1.82, 2.24) is 24.4 Å². The number of carbonyl (C=O) groups is 1. The van der Waals surface area contributed by atoms with Gasteiger partial charge in [0.05, 0.1) is 15.8 Å². The lowest BCUT2D eigenvalue weighted by Gasteiger charge is -2.10. The largest absolute Gasteiger partial charge is 0.489 e. The number of rotatable bonds is 8. The van der Waals surface area contributed by atoms with Crippen LogP contribution in [0.2, 0.25) is 0 Å². The quantitative estimate of drug-likeness (QED) is 0.150. The van der Waals surface area contributed by atoms with Gasteiger partial charge in [-0.05, 0) is 66.6 Å². The van der Waals surface area contributed by atoms with Gasteiger partial charge in [0.15, 0.2) is 5.82 Å². The van der Waals surface area contributed by atoms with Crippen LogP contribution in [-0.2, 0) is 11.4 Å². The summed E-state index contributed by atoms with van der Waals surface area (Å²) in [5.74, 6) is 0.969. The molecule has 0 saturated carbocycles. The highest BCUT2D eigenvalue weighted by Crippen LogP contribution is 2.30. The van der Waals surface area contributed by atoms with Crippen molar-refractivity contribution in [2.45, 2.75) is 20.5 Å². The second-order valence-corrected chi connectivity index (χ2v) is 11.6. The van der Waals surface area contributed by atoms with Gasteiger partial charge in [-0.1, -0.05) is 72.0 Å². The highest BCUT2D eigenvalue weighted by Gasteiger charge is 2.18. The van der Waals surface area contributed by atoms with Crippen molar-refractivity contribution in [1.29, 1.82) is 0 Å². The first-order valence-corrected chi connectivity index (χ1v) is 15.4. The summed E-state index contributed by atoms with van der Waals surface area (Å²) in [6.45, 7) is 3.81. The van der Waals surface area contributed by atoms with Gasteiger partial charge in [-0.3, -0.25) is 9.59 Å². The number of esters is 1. The van der Waals surface area contributed by atoms with Crippen LogP contribution in [0, 0.1) is 6.92 Å². The molecule has 0 N–H and O–H groups in total. The summed E-state index contributed by atoms with van der Waals surface area (Å²) in [6, 6.07) is 32.8. The van der Waals surface area contributed by atoms with E-state index in [0.717, 1.165) is 39.4 Å². The molecule has 0 radical (unpaired) electrons.